The first-order valence-corrected chi connectivity index (χ1v) is 7.77. The van der Waals surface area contributed by atoms with Crippen molar-refractivity contribution in [3.63, 3.8) is 0 Å². The molecule has 1 aliphatic carbocycles. The third kappa shape index (κ3) is 2.62. The number of rotatable bonds is 2. The number of aryl methyl sites for hydroxylation is 1. The Kier molecular flexibility index (Phi) is 3.71. The average Bonchev–Trinajstić information content (AvgIpc) is 2.48. The van der Waals surface area contributed by atoms with E-state index in [2.05, 4.69) is 9.98 Å². The van der Waals surface area contributed by atoms with E-state index in [1.54, 1.807) is 19.1 Å². The Labute approximate surface area is 134 Å². The summed E-state index contributed by atoms with van der Waals surface area (Å²) in [6.07, 6.45) is 4.84. The minimum atomic E-state index is -0.961. The summed E-state index contributed by atoms with van der Waals surface area (Å²) in [6, 6.07) is 5.27. The van der Waals surface area contributed by atoms with Crippen molar-refractivity contribution >= 4 is 23.6 Å². The molecule has 1 aromatic rings. The van der Waals surface area contributed by atoms with Crippen LogP contribution in [0.1, 0.15) is 48.0 Å². The van der Waals surface area contributed by atoms with Crippen molar-refractivity contribution in [2.24, 2.45) is 21.5 Å². The van der Waals surface area contributed by atoms with Crippen LogP contribution in [0.5, 0.6) is 0 Å². The second-order valence-corrected chi connectivity index (χ2v) is 6.12. The first-order valence-electron chi connectivity index (χ1n) is 7.77. The van der Waals surface area contributed by atoms with Crippen molar-refractivity contribution in [1.82, 2.24) is 0 Å². The van der Waals surface area contributed by atoms with Gasteiger partial charge in [-0.25, -0.2) is 9.79 Å². The number of aliphatic imine (C=N–C) groups is 2. The highest BCUT2D eigenvalue weighted by Gasteiger charge is 2.42. The van der Waals surface area contributed by atoms with Crippen LogP contribution in [0, 0.1) is 6.92 Å². The molecule has 0 bridgehead atoms. The molecule has 1 saturated carbocycles. The summed E-state index contributed by atoms with van der Waals surface area (Å²) in [5, 5.41) is 9.37. The van der Waals surface area contributed by atoms with Crippen molar-refractivity contribution < 1.29 is 9.90 Å². The predicted octanol–water partition coefficient (Wildman–Crippen LogP) is 1.80. The largest absolute Gasteiger partial charge is 0.478 e. The number of carboxylic acids is 1. The first kappa shape index (κ1) is 15.3. The van der Waals surface area contributed by atoms with Gasteiger partial charge in [-0.1, -0.05) is 12.5 Å². The minimum Gasteiger partial charge on any atom is -0.478 e. The molecular formula is C16H21N5O2. The maximum absolute atomic E-state index is 11.4. The lowest BCUT2D eigenvalue weighted by Crippen LogP contribution is -2.58. The minimum absolute atomic E-state index is 0.186. The molecule has 5 N–H and O–H groups in total. The molecule has 0 radical (unpaired) electrons. The highest BCUT2D eigenvalue weighted by atomic mass is 16.4. The zero-order valence-corrected chi connectivity index (χ0v) is 13.1. The second kappa shape index (κ2) is 5.57. The van der Waals surface area contributed by atoms with Crippen molar-refractivity contribution in [2.45, 2.75) is 44.7 Å². The molecule has 1 aromatic carbocycles. The van der Waals surface area contributed by atoms with Crippen molar-refractivity contribution in [2.75, 3.05) is 4.90 Å². The number of nitrogens with zero attached hydrogens (tertiary/aromatic N) is 3. The Morgan fingerprint density at radius 3 is 2.61 bits per heavy atom. The molecule has 1 fully saturated rings. The van der Waals surface area contributed by atoms with E-state index in [0.717, 1.165) is 32.1 Å². The van der Waals surface area contributed by atoms with E-state index in [1.807, 2.05) is 11.0 Å². The van der Waals surface area contributed by atoms with E-state index in [-0.39, 0.29) is 17.5 Å². The third-order valence-electron chi connectivity index (χ3n) is 4.56. The lowest BCUT2D eigenvalue weighted by atomic mass is 9.87. The van der Waals surface area contributed by atoms with Gasteiger partial charge in [0.1, 0.15) is 5.66 Å². The summed E-state index contributed by atoms with van der Waals surface area (Å²) < 4.78 is 0. The summed E-state index contributed by atoms with van der Waals surface area (Å²) in [5.41, 5.74) is 13.1. The summed E-state index contributed by atoms with van der Waals surface area (Å²) in [5.74, 6) is -0.511. The standard InChI is InChI=1S/C16H21N5O2/c1-10-5-6-11(9-12(10)13(22)23)21-15(18)19-14(17)20-16(21)7-3-2-4-8-16/h5-6,9H,2-4,7-8H2,1H3,(H,22,23)(H4,17,18,19,20). The Morgan fingerprint density at radius 2 is 1.96 bits per heavy atom. The zero-order chi connectivity index (χ0) is 16.6. The molecule has 0 unspecified atom stereocenters. The highest BCUT2D eigenvalue weighted by Crippen LogP contribution is 2.39. The van der Waals surface area contributed by atoms with Crippen LogP contribution in [0.3, 0.4) is 0 Å². The van der Waals surface area contributed by atoms with Gasteiger partial charge >= 0.3 is 5.97 Å². The van der Waals surface area contributed by atoms with Gasteiger partial charge in [0.2, 0.25) is 11.9 Å². The topological polar surface area (TPSA) is 117 Å². The van der Waals surface area contributed by atoms with Gasteiger partial charge in [0, 0.05) is 5.69 Å². The molecule has 1 spiro atoms. The maximum atomic E-state index is 11.4. The first-order chi connectivity index (χ1) is 10.9. The molecule has 7 nitrogen and oxygen atoms in total. The molecule has 23 heavy (non-hydrogen) atoms. The van der Waals surface area contributed by atoms with E-state index in [9.17, 15) is 9.90 Å². The molecule has 2 aliphatic rings. The average molecular weight is 315 g/mol. The van der Waals surface area contributed by atoms with Gasteiger partial charge in [-0.15, -0.1) is 0 Å². The number of hydrogen-bond acceptors (Lipinski definition) is 6. The van der Waals surface area contributed by atoms with Gasteiger partial charge in [0.15, 0.2) is 0 Å². The summed E-state index contributed by atoms with van der Waals surface area (Å²) in [7, 11) is 0. The van der Waals surface area contributed by atoms with Gasteiger partial charge in [-0.05, 0) is 50.3 Å². The van der Waals surface area contributed by atoms with Crippen LogP contribution < -0.4 is 16.4 Å². The van der Waals surface area contributed by atoms with Crippen LogP contribution in [0.25, 0.3) is 0 Å². The fourth-order valence-electron chi connectivity index (χ4n) is 3.47. The number of carboxylic acid groups (broad SMARTS) is 1. The Morgan fingerprint density at radius 1 is 1.26 bits per heavy atom. The molecule has 1 aliphatic heterocycles. The van der Waals surface area contributed by atoms with Crippen LogP contribution in [-0.2, 0) is 0 Å². The molecule has 0 amide bonds. The number of anilines is 1. The fraction of sp³-hybridized carbons (Fsp3) is 0.438. The van der Waals surface area contributed by atoms with Gasteiger partial charge < -0.3 is 16.6 Å². The van der Waals surface area contributed by atoms with Crippen LogP contribution >= 0.6 is 0 Å². The number of benzene rings is 1. The summed E-state index contributed by atoms with van der Waals surface area (Å²) >= 11 is 0. The Hall–Kier alpha value is -2.57. The fourth-order valence-corrected chi connectivity index (χ4v) is 3.47. The highest BCUT2D eigenvalue weighted by molar-refractivity contribution is 6.06. The zero-order valence-electron chi connectivity index (χ0n) is 13.1. The van der Waals surface area contributed by atoms with E-state index in [4.69, 9.17) is 11.5 Å². The molecule has 0 aromatic heterocycles. The van der Waals surface area contributed by atoms with E-state index >= 15 is 0 Å². The lowest BCUT2D eigenvalue weighted by Gasteiger charge is -2.45. The monoisotopic (exact) mass is 315 g/mol. The van der Waals surface area contributed by atoms with Gasteiger partial charge in [0.05, 0.1) is 5.56 Å². The quantitative estimate of drug-likeness (QED) is 0.769. The van der Waals surface area contributed by atoms with Crippen molar-refractivity contribution in [3.05, 3.63) is 29.3 Å². The smallest absolute Gasteiger partial charge is 0.336 e. The van der Waals surface area contributed by atoms with Crippen molar-refractivity contribution in [3.8, 4) is 0 Å². The molecule has 7 heteroatoms. The number of nitrogens with two attached hydrogens (primary N) is 2. The molecular weight excluding hydrogens is 294 g/mol. The number of aromatic carboxylic acids is 1. The number of guanidine groups is 2. The SMILES string of the molecule is Cc1ccc(N2C(N)=NC(N)=NC23CCCCC3)cc1C(=O)O. The molecule has 3 rings (SSSR count). The lowest BCUT2D eigenvalue weighted by molar-refractivity contribution is 0.0696. The number of carbonyl (C=O) groups is 1. The molecule has 0 atom stereocenters. The summed E-state index contributed by atoms with van der Waals surface area (Å²) in [4.78, 5) is 21.9. The van der Waals surface area contributed by atoms with E-state index in [0.29, 0.717) is 11.3 Å². The van der Waals surface area contributed by atoms with E-state index in [1.165, 1.54) is 0 Å². The van der Waals surface area contributed by atoms with Crippen molar-refractivity contribution in [1.29, 1.82) is 0 Å². The van der Waals surface area contributed by atoms with Gasteiger partial charge in [0.25, 0.3) is 0 Å². The van der Waals surface area contributed by atoms with E-state index < -0.39 is 11.6 Å². The van der Waals surface area contributed by atoms with Gasteiger partial charge in [-0.3, -0.25) is 4.90 Å². The Bertz CT molecular complexity index is 704. The molecule has 0 saturated heterocycles. The number of hydrogen-bond donors (Lipinski definition) is 3. The Balaban J connectivity index is 2.10. The summed E-state index contributed by atoms with van der Waals surface area (Å²) in [6.45, 7) is 1.77. The third-order valence-corrected chi connectivity index (χ3v) is 4.56. The molecule has 1 heterocycles. The predicted molar refractivity (Wildman–Crippen MR) is 89.7 cm³/mol. The second-order valence-electron chi connectivity index (χ2n) is 6.12. The van der Waals surface area contributed by atoms with Crippen LogP contribution in [0.15, 0.2) is 28.2 Å². The van der Waals surface area contributed by atoms with Crippen LogP contribution in [0.2, 0.25) is 0 Å². The normalized spacial score (nSPS) is 20.1. The molecule has 122 valence electrons. The maximum Gasteiger partial charge on any atom is 0.336 e. The van der Waals surface area contributed by atoms with Gasteiger partial charge in [-0.2, -0.15) is 4.99 Å². The van der Waals surface area contributed by atoms with Crippen LogP contribution in [-0.4, -0.2) is 28.7 Å². The van der Waals surface area contributed by atoms with Crippen LogP contribution in [0.4, 0.5) is 5.69 Å².